The van der Waals surface area contributed by atoms with Crippen molar-refractivity contribution in [3.63, 3.8) is 0 Å². The number of hydrogen-bond donors (Lipinski definition) is 2. The lowest BCUT2D eigenvalue weighted by Gasteiger charge is -2.17. The molecule has 2 aromatic rings. The molecule has 102 valence electrons. The molecule has 20 heavy (non-hydrogen) atoms. The molecule has 0 amide bonds. The van der Waals surface area contributed by atoms with Gasteiger partial charge >= 0.3 is 0 Å². The van der Waals surface area contributed by atoms with Gasteiger partial charge in [0.15, 0.2) is 0 Å². The summed E-state index contributed by atoms with van der Waals surface area (Å²) >= 11 is 0. The van der Waals surface area contributed by atoms with Crippen LogP contribution in [0.4, 0.5) is 15.8 Å². The van der Waals surface area contributed by atoms with Crippen LogP contribution in [-0.2, 0) is 6.42 Å². The number of halogens is 1. The molecule has 0 radical (unpaired) electrons. The monoisotopic (exact) mass is 269 g/mol. The SMILES string of the molecule is CC(Cc1ccc(F)cc1)Nc1cccc(C#N)c1N. The second-order valence-electron chi connectivity index (χ2n) is 4.75. The van der Waals surface area contributed by atoms with Crippen LogP contribution in [0.2, 0.25) is 0 Å². The maximum absolute atomic E-state index is 12.8. The zero-order chi connectivity index (χ0) is 14.5. The van der Waals surface area contributed by atoms with Crippen LogP contribution in [0.5, 0.6) is 0 Å². The van der Waals surface area contributed by atoms with E-state index in [1.54, 1.807) is 24.3 Å². The summed E-state index contributed by atoms with van der Waals surface area (Å²) in [7, 11) is 0. The van der Waals surface area contributed by atoms with E-state index in [1.165, 1.54) is 12.1 Å². The lowest BCUT2D eigenvalue weighted by atomic mass is 10.1. The van der Waals surface area contributed by atoms with Crippen LogP contribution in [0.3, 0.4) is 0 Å². The minimum atomic E-state index is -0.236. The van der Waals surface area contributed by atoms with Gasteiger partial charge < -0.3 is 11.1 Å². The Bertz CT molecular complexity index is 629. The average Bonchev–Trinajstić information content (AvgIpc) is 2.44. The fraction of sp³-hybridized carbons (Fsp3) is 0.188. The number of para-hydroxylation sites is 1. The number of nitrogen functional groups attached to an aromatic ring is 1. The Balaban J connectivity index is 2.07. The van der Waals surface area contributed by atoms with Crippen LogP contribution in [0, 0.1) is 17.1 Å². The lowest BCUT2D eigenvalue weighted by Crippen LogP contribution is -2.19. The number of nitrogens with two attached hydrogens (primary N) is 1. The highest BCUT2D eigenvalue weighted by Gasteiger charge is 2.08. The topological polar surface area (TPSA) is 61.8 Å². The van der Waals surface area contributed by atoms with E-state index in [0.29, 0.717) is 11.3 Å². The molecule has 0 saturated heterocycles. The Hall–Kier alpha value is -2.54. The van der Waals surface area contributed by atoms with Crippen molar-refractivity contribution in [3.8, 4) is 6.07 Å². The van der Waals surface area contributed by atoms with Crippen molar-refractivity contribution in [2.45, 2.75) is 19.4 Å². The van der Waals surface area contributed by atoms with Gasteiger partial charge in [-0.3, -0.25) is 0 Å². The maximum atomic E-state index is 12.8. The Kier molecular flexibility index (Phi) is 4.21. The van der Waals surface area contributed by atoms with E-state index in [2.05, 4.69) is 11.4 Å². The smallest absolute Gasteiger partial charge is 0.123 e. The minimum absolute atomic E-state index is 0.122. The van der Waals surface area contributed by atoms with E-state index < -0.39 is 0 Å². The molecule has 3 nitrogen and oxygen atoms in total. The molecule has 0 aliphatic rings. The molecule has 1 atom stereocenters. The standard InChI is InChI=1S/C16H16FN3/c1-11(9-12-5-7-14(17)8-6-12)20-15-4-2-3-13(10-18)16(15)19/h2-8,11,20H,9,19H2,1H3. The quantitative estimate of drug-likeness (QED) is 0.837. The molecule has 1 unspecified atom stereocenters. The van der Waals surface area contributed by atoms with Gasteiger partial charge in [0.2, 0.25) is 0 Å². The summed E-state index contributed by atoms with van der Waals surface area (Å²) in [6, 6.07) is 13.9. The molecule has 0 saturated carbocycles. The average molecular weight is 269 g/mol. The molecular formula is C16H16FN3. The van der Waals surface area contributed by atoms with E-state index in [1.807, 2.05) is 13.0 Å². The number of rotatable bonds is 4. The van der Waals surface area contributed by atoms with Crippen LogP contribution in [0.15, 0.2) is 42.5 Å². The Morgan fingerprint density at radius 2 is 1.95 bits per heavy atom. The zero-order valence-electron chi connectivity index (χ0n) is 11.2. The number of anilines is 2. The Labute approximate surface area is 117 Å². The van der Waals surface area contributed by atoms with Crippen molar-refractivity contribution in [1.29, 1.82) is 5.26 Å². The highest BCUT2D eigenvalue weighted by Crippen LogP contribution is 2.23. The van der Waals surface area contributed by atoms with Gasteiger partial charge in [0.25, 0.3) is 0 Å². The number of benzene rings is 2. The lowest BCUT2D eigenvalue weighted by molar-refractivity contribution is 0.626. The first-order valence-electron chi connectivity index (χ1n) is 6.39. The molecule has 0 fully saturated rings. The van der Waals surface area contributed by atoms with Gasteiger partial charge in [-0.05, 0) is 43.2 Å². The fourth-order valence-electron chi connectivity index (χ4n) is 2.08. The molecule has 0 bridgehead atoms. The molecule has 2 rings (SSSR count). The van der Waals surface area contributed by atoms with Gasteiger partial charge in [0.05, 0.1) is 16.9 Å². The van der Waals surface area contributed by atoms with Crippen molar-refractivity contribution in [2.75, 3.05) is 11.1 Å². The van der Waals surface area contributed by atoms with E-state index in [9.17, 15) is 4.39 Å². The van der Waals surface area contributed by atoms with Crippen molar-refractivity contribution in [1.82, 2.24) is 0 Å². The maximum Gasteiger partial charge on any atom is 0.123 e. The second-order valence-corrected chi connectivity index (χ2v) is 4.75. The fourth-order valence-corrected chi connectivity index (χ4v) is 2.08. The van der Waals surface area contributed by atoms with Crippen LogP contribution in [0.1, 0.15) is 18.1 Å². The second kappa shape index (κ2) is 6.07. The van der Waals surface area contributed by atoms with E-state index in [0.717, 1.165) is 17.7 Å². The van der Waals surface area contributed by atoms with Gasteiger partial charge in [-0.1, -0.05) is 18.2 Å². The molecule has 0 aliphatic carbocycles. The van der Waals surface area contributed by atoms with Crippen LogP contribution in [-0.4, -0.2) is 6.04 Å². The van der Waals surface area contributed by atoms with Gasteiger partial charge in [-0.25, -0.2) is 4.39 Å². The van der Waals surface area contributed by atoms with E-state index >= 15 is 0 Å². The summed E-state index contributed by atoms with van der Waals surface area (Å²) in [6.45, 7) is 2.02. The van der Waals surface area contributed by atoms with Crippen LogP contribution >= 0.6 is 0 Å². The molecule has 0 aliphatic heterocycles. The molecule has 2 aromatic carbocycles. The van der Waals surface area contributed by atoms with Gasteiger partial charge in [-0.2, -0.15) is 5.26 Å². The first-order valence-corrected chi connectivity index (χ1v) is 6.39. The molecule has 4 heteroatoms. The number of nitriles is 1. The molecular weight excluding hydrogens is 253 g/mol. The van der Waals surface area contributed by atoms with Gasteiger partial charge in [0, 0.05) is 6.04 Å². The van der Waals surface area contributed by atoms with Gasteiger partial charge in [-0.15, -0.1) is 0 Å². The van der Waals surface area contributed by atoms with E-state index in [-0.39, 0.29) is 11.9 Å². The van der Waals surface area contributed by atoms with Crippen molar-refractivity contribution >= 4 is 11.4 Å². The molecule has 0 heterocycles. The number of nitrogens with one attached hydrogen (secondary N) is 1. The summed E-state index contributed by atoms with van der Waals surface area (Å²) < 4.78 is 12.8. The summed E-state index contributed by atoms with van der Waals surface area (Å²) in [4.78, 5) is 0. The highest BCUT2D eigenvalue weighted by atomic mass is 19.1. The summed E-state index contributed by atoms with van der Waals surface area (Å²) in [5.74, 6) is -0.236. The first kappa shape index (κ1) is 13.9. The predicted octanol–water partition coefficient (Wildman–Crippen LogP) is 3.32. The molecule has 0 spiro atoms. The molecule has 0 aromatic heterocycles. The predicted molar refractivity (Wildman–Crippen MR) is 78.8 cm³/mol. The largest absolute Gasteiger partial charge is 0.396 e. The normalized spacial score (nSPS) is 11.7. The zero-order valence-corrected chi connectivity index (χ0v) is 11.2. The van der Waals surface area contributed by atoms with Crippen molar-refractivity contribution in [3.05, 3.63) is 59.4 Å². The third-order valence-corrected chi connectivity index (χ3v) is 3.08. The van der Waals surface area contributed by atoms with Crippen molar-refractivity contribution < 1.29 is 4.39 Å². The number of nitrogens with zero attached hydrogens (tertiary/aromatic N) is 1. The van der Waals surface area contributed by atoms with Gasteiger partial charge in [0.1, 0.15) is 11.9 Å². The minimum Gasteiger partial charge on any atom is -0.396 e. The number of hydrogen-bond acceptors (Lipinski definition) is 3. The van der Waals surface area contributed by atoms with Crippen LogP contribution in [0.25, 0.3) is 0 Å². The Morgan fingerprint density at radius 3 is 2.60 bits per heavy atom. The highest BCUT2D eigenvalue weighted by molar-refractivity contribution is 5.73. The first-order chi connectivity index (χ1) is 9.60. The van der Waals surface area contributed by atoms with Crippen molar-refractivity contribution in [2.24, 2.45) is 0 Å². The third kappa shape index (κ3) is 3.27. The summed E-state index contributed by atoms with van der Waals surface area (Å²) in [5, 5.41) is 12.2. The van der Waals surface area contributed by atoms with E-state index in [4.69, 9.17) is 11.0 Å². The molecule has 3 N–H and O–H groups in total. The van der Waals surface area contributed by atoms with Crippen LogP contribution < -0.4 is 11.1 Å². The Morgan fingerprint density at radius 1 is 1.25 bits per heavy atom. The summed E-state index contributed by atoms with van der Waals surface area (Å²) in [6.07, 6.45) is 0.747. The third-order valence-electron chi connectivity index (χ3n) is 3.08. The summed E-state index contributed by atoms with van der Waals surface area (Å²) in [5.41, 5.74) is 8.63.